The lowest BCUT2D eigenvalue weighted by atomic mass is 9.79. The van der Waals surface area contributed by atoms with E-state index in [0.717, 1.165) is 18.4 Å². The maximum atomic E-state index is 12.9. The van der Waals surface area contributed by atoms with Crippen LogP contribution in [0.5, 0.6) is 5.75 Å². The van der Waals surface area contributed by atoms with Crippen LogP contribution < -0.4 is 10.1 Å². The molecule has 2 heterocycles. The van der Waals surface area contributed by atoms with Gasteiger partial charge in [0.25, 0.3) is 0 Å². The lowest BCUT2D eigenvalue weighted by Crippen LogP contribution is -2.42. The third kappa shape index (κ3) is 4.42. The predicted octanol–water partition coefficient (Wildman–Crippen LogP) is 3.44. The van der Waals surface area contributed by atoms with Crippen LogP contribution in [0.3, 0.4) is 0 Å². The average molecular weight is 421 g/mol. The summed E-state index contributed by atoms with van der Waals surface area (Å²) >= 11 is 6.28. The molecule has 0 bridgehead atoms. The SMILES string of the molecule is COc1cc(C2CCN(C(=O)[C@@H](C)C[C@@]3(C)CC(=O)NC3=O)CC2)cc(C)c1Cl. The van der Waals surface area contributed by atoms with Gasteiger partial charge >= 0.3 is 0 Å². The number of amides is 3. The Kier molecular flexibility index (Phi) is 6.22. The lowest BCUT2D eigenvalue weighted by molar-refractivity contribution is -0.138. The Morgan fingerprint density at radius 2 is 2.00 bits per heavy atom. The zero-order valence-corrected chi connectivity index (χ0v) is 18.3. The summed E-state index contributed by atoms with van der Waals surface area (Å²) in [5.74, 6) is 0.272. The molecule has 7 heteroatoms. The molecular formula is C22H29ClN2O4. The van der Waals surface area contributed by atoms with Gasteiger partial charge in [0.15, 0.2) is 0 Å². The van der Waals surface area contributed by atoms with Crippen molar-refractivity contribution in [2.45, 2.75) is 52.4 Å². The summed E-state index contributed by atoms with van der Waals surface area (Å²) < 4.78 is 5.38. The molecule has 2 fully saturated rings. The number of benzene rings is 1. The number of carbonyl (C=O) groups excluding carboxylic acids is 3. The van der Waals surface area contributed by atoms with Crippen LogP contribution in [0.15, 0.2) is 12.1 Å². The molecule has 0 unspecified atom stereocenters. The van der Waals surface area contributed by atoms with Crippen LogP contribution in [0.2, 0.25) is 5.02 Å². The molecule has 2 saturated heterocycles. The maximum absolute atomic E-state index is 12.9. The molecule has 6 nitrogen and oxygen atoms in total. The smallest absolute Gasteiger partial charge is 0.233 e. The molecule has 1 aromatic carbocycles. The normalized spacial score (nSPS) is 23.8. The molecule has 0 radical (unpaired) electrons. The summed E-state index contributed by atoms with van der Waals surface area (Å²) in [4.78, 5) is 38.4. The van der Waals surface area contributed by atoms with Crippen molar-refractivity contribution in [3.8, 4) is 5.75 Å². The molecule has 2 atom stereocenters. The van der Waals surface area contributed by atoms with Crippen LogP contribution in [0.25, 0.3) is 0 Å². The number of nitrogens with zero attached hydrogens (tertiary/aromatic N) is 1. The second-order valence-electron chi connectivity index (χ2n) is 8.67. The van der Waals surface area contributed by atoms with Gasteiger partial charge in [-0.1, -0.05) is 31.5 Å². The van der Waals surface area contributed by atoms with E-state index >= 15 is 0 Å². The molecule has 1 N–H and O–H groups in total. The Bertz CT molecular complexity index is 832. The van der Waals surface area contributed by atoms with E-state index in [1.54, 1.807) is 14.0 Å². The number of halogens is 1. The van der Waals surface area contributed by atoms with Crippen molar-refractivity contribution >= 4 is 29.3 Å². The Balaban J connectivity index is 1.60. The number of nitrogens with one attached hydrogen (secondary N) is 1. The monoisotopic (exact) mass is 420 g/mol. The Morgan fingerprint density at radius 3 is 2.55 bits per heavy atom. The highest BCUT2D eigenvalue weighted by atomic mass is 35.5. The van der Waals surface area contributed by atoms with Crippen molar-refractivity contribution in [3.05, 3.63) is 28.3 Å². The first-order valence-corrected chi connectivity index (χ1v) is 10.5. The molecule has 1 aromatic rings. The molecule has 0 spiro atoms. The van der Waals surface area contributed by atoms with Crippen LogP contribution in [0.4, 0.5) is 0 Å². The van der Waals surface area contributed by atoms with Crippen molar-refractivity contribution in [3.63, 3.8) is 0 Å². The number of carbonyl (C=O) groups is 3. The minimum absolute atomic E-state index is 0.0571. The summed E-state index contributed by atoms with van der Waals surface area (Å²) in [7, 11) is 1.62. The molecule has 2 aliphatic heterocycles. The lowest BCUT2D eigenvalue weighted by Gasteiger charge is -2.35. The molecule has 29 heavy (non-hydrogen) atoms. The van der Waals surface area contributed by atoms with Crippen molar-refractivity contribution in [1.82, 2.24) is 10.2 Å². The van der Waals surface area contributed by atoms with Gasteiger partial charge in [-0.3, -0.25) is 19.7 Å². The van der Waals surface area contributed by atoms with Gasteiger partial charge in [-0.2, -0.15) is 0 Å². The van der Waals surface area contributed by atoms with E-state index in [2.05, 4.69) is 11.4 Å². The summed E-state index contributed by atoms with van der Waals surface area (Å²) in [5.41, 5.74) is 1.39. The van der Waals surface area contributed by atoms with E-state index in [-0.39, 0.29) is 30.1 Å². The van der Waals surface area contributed by atoms with E-state index in [0.29, 0.717) is 36.2 Å². The third-order valence-corrected chi connectivity index (χ3v) is 6.76. The average Bonchev–Trinajstić information content (AvgIpc) is 2.94. The fourth-order valence-electron chi connectivity index (χ4n) is 4.58. The largest absolute Gasteiger partial charge is 0.495 e. The highest BCUT2D eigenvalue weighted by Crippen LogP contribution is 2.37. The second-order valence-corrected chi connectivity index (χ2v) is 9.05. The number of rotatable bonds is 5. The van der Waals surface area contributed by atoms with Gasteiger partial charge in [0.05, 0.1) is 17.5 Å². The highest BCUT2D eigenvalue weighted by molar-refractivity contribution is 6.32. The van der Waals surface area contributed by atoms with Crippen molar-refractivity contribution < 1.29 is 19.1 Å². The van der Waals surface area contributed by atoms with Gasteiger partial charge in [-0.25, -0.2) is 0 Å². The molecule has 0 aromatic heterocycles. The fourth-order valence-corrected chi connectivity index (χ4v) is 4.76. The first-order valence-electron chi connectivity index (χ1n) is 10.1. The predicted molar refractivity (Wildman–Crippen MR) is 111 cm³/mol. The van der Waals surface area contributed by atoms with E-state index in [1.165, 1.54) is 5.56 Å². The van der Waals surface area contributed by atoms with Crippen molar-refractivity contribution in [2.75, 3.05) is 20.2 Å². The minimum atomic E-state index is -0.790. The second kappa shape index (κ2) is 8.34. The first-order chi connectivity index (χ1) is 13.6. The molecule has 0 saturated carbocycles. The van der Waals surface area contributed by atoms with Crippen LogP contribution in [0, 0.1) is 18.3 Å². The van der Waals surface area contributed by atoms with Gasteiger partial charge in [-0.05, 0) is 49.3 Å². The van der Waals surface area contributed by atoms with E-state index in [9.17, 15) is 14.4 Å². The van der Waals surface area contributed by atoms with E-state index in [1.807, 2.05) is 24.8 Å². The number of methoxy groups -OCH3 is 1. The Labute approximate surface area is 176 Å². The minimum Gasteiger partial charge on any atom is -0.495 e. The first kappa shape index (κ1) is 21.6. The highest BCUT2D eigenvalue weighted by Gasteiger charge is 2.44. The number of imide groups is 1. The Morgan fingerprint density at radius 1 is 1.34 bits per heavy atom. The van der Waals surface area contributed by atoms with Gasteiger partial charge in [-0.15, -0.1) is 0 Å². The summed E-state index contributed by atoms with van der Waals surface area (Å²) in [5, 5.41) is 2.99. The van der Waals surface area contributed by atoms with Crippen LogP contribution in [-0.4, -0.2) is 42.8 Å². The topological polar surface area (TPSA) is 75.7 Å². The van der Waals surface area contributed by atoms with Gasteiger partial charge in [0.1, 0.15) is 5.75 Å². The van der Waals surface area contributed by atoms with E-state index in [4.69, 9.17) is 16.3 Å². The van der Waals surface area contributed by atoms with Crippen molar-refractivity contribution in [1.29, 1.82) is 0 Å². The molecule has 3 rings (SSSR count). The number of ether oxygens (including phenoxy) is 1. The van der Waals surface area contributed by atoms with Crippen LogP contribution >= 0.6 is 11.6 Å². The molecular weight excluding hydrogens is 392 g/mol. The number of hydrogen-bond acceptors (Lipinski definition) is 4. The number of piperidine rings is 1. The summed E-state index contributed by atoms with van der Waals surface area (Å²) in [6.45, 7) is 6.95. The fraction of sp³-hybridized carbons (Fsp3) is 0.591. The zero-order valence-electron chi connectivity index (χ0n) is 17.5. The van der Waals surface area contributed by atoms with Crippen molar-refractivity contribution in [2.24, 2.45) is 11.3 Å². The summed E-state index contributed by atoms with van der Waals surface area (Å²) in [6.07, 6.45) is 2.29. The molecule has 2 aliphatic rings. The van der Waals surface area contributed by atoms with Crippen LogP contribution in [-0.2, 0) is 14.4 Å². The maximum Gasteiger partial charge on any atom is 0.233 e. The van der Waals surface area contributed by atoms with Gasteiger partial charge < -0.3 is 9.64 Å². The Hall–Kier alpha value is -2.08. The quantitative estimate of drug-likeness (QED) is 0.740. The molecule has 0 aliphatic carbocycles. The van der Waals surface area contributed by atoms with Gasteiger partial charge in [0.2, 0.25) is 17.7 Å². The van der Waals surface area contributed by atoms with Crippen LogP contribution in [0.1, 0.15) is 56.6 Å². The molecule has 3 amide bonds. The van der Waals surface area contributed by atoms with E-state index < -0.39 is 5.41 Å². The standard InChI is InChI=1S/C22H29ClN2O4/c1-13-9-16(10-17(29-4)19(13)23)15-5-7-25(8-6-15)20(27)14(2)11-22(3)12-18(26)24-21(22)28/h9-10,14-15H,5-8,11-12H2,1-4H3,(H,24,26,28)/t14-,22-/m0/s1. The number of hydrogen-bond donors (Lipinski definition) is 1. The van der Waals surface area contributed by atoms with Gasteiger partial charge in [0, 0.05) is 25.4 Å². The number of likely N-dealkylation sites (tertiary alicyclic amines) is 1. The molecule has 158 valence electrons. The zero-order chi connectivity index (χ0) is 21.3. The number of aryl methyl sites for hydroxylation is 1. The third-order valence-electron chi connectivity index (χ3n) is 6.27. The summed E-state index contributed by atoms with van der Waals surface area (Å²) in [6, 6.07) is 4.10.